The van der Waals surface area contributed by atoms with Gasteiger partial charge < -0.3 is 24.8 Å². The van der Waals surface area contributed by atoms with Crippen molar-refractivity contribution in [2.24, 2.45) is 11.7 Å². The zero-order chi connectivity index (χ0) is 18.4. The van der Waals surface area contributed by atoms with E-state index in [2.05, 4.69) is 0 Å². The van der Waals surface area contributed by atoms with E-state index in [9.17, 15) is 4.79 Å². The first-order valence-electron chi connectivity index (χ1n) is 8.83. The van der Waals surface area contributed by atoms with Crippen LogP contribution in [0.2, 0.25) is 0 Å². The molecule has 6 nitrogen and oxygen atoms in total. The number of piperidine rings is 1. The van der Waals surface area contributed by atoms with E-state index in [1.165, 1.54) is 0 Å². The van der Waals surface area contributed by atoms with Gasteiger partial charge in [0.05, 0.1) is 21.3 Å². The summed E-state index contributed by atoms with van der Waals surface area (Å²) in [5.74, 6) is 2.51. The number of ether oxygens (including phenoxy) is 3. The lowest BCUT2D eigenvalue weighted by molar-refractivity contribution is -0.132. The number of hydrogen-bond donors (Lipinski definition) is 1. The largest absolute Gasteiger partial charge is 0.493 e. The van der Waals surface area contributed by atoms with Crippen LogP contribution in [-0.4, -0.2) is 51.3 Å². The lowest BCUT2D eigenvalue weighted by Crippen LogP contribution is -2.42. The average Bonchev–Trinajstić information content (AvgIpc) is 2.64. The zero-order valence-corrected chi connectivity index (χ0v) is 16.9. The van der Waals surface area contributed by atoms with Gasteiger partial charge in [0.25, 0.3) is 0 Å². The molecule has 148 valence electrons. The van der Waals surface area contributed by atoms with Crippen molar-refractivity contribution in [1.29, 1.82) is 0 Å². The number of benzene rings is 1. The molecule has 0 aliphatic carbocycles. The minimum absolute atomic E-state index is 0. The zero-order valence-electron chi connectivity index (χ0n) is 16.1. The summed E-state index contributed by atoms with van der Waals surface area (Å²) in [4.78, 5) is 14.5. The molecule has 0 aromatic heterocycles. The average molecular weight is 387 g/mol. The van der Waals surface area contributed by atoms with E-state index in [1.807, 2.05) is 24.0 Å². The second-order valence-corrected chi connectivity index (χ2v) is 6.57. The maximum absolute atomic E-state index is 12.5. The second kappa shape index (κ2) is 10.5. The van der Waals surface area contributed by atoms with Gasteiger partial charge in [-0.05, 0) is 43.7 Å². The number of likely N-dealkylation sites (tertiary alicyclic amines) is 1. The van der Waals surface area contributed by atoms with Crippen LogP contribution in [0.15, 0.2) is 12.1 Å². The molecule has 0 spiro atoms. The molecule has 0 bridgehead atoms. The molecule has 2 rings (SSSR count). The van der Waals surface area contributed by atoms with E-state index >= 15 is 0 Å². The Morgan fingerprint density at radius 3 is 2.27 bits per heavy atom. The van der Waals surface area contributed by atoms with Gasteiger partial charge in [-0.25, -0.2) is 0 Å². The Labute approximate surface area is 162 Å². The molecule has 1 aromatic rings. The van der Waals surface area contributed by atoms with E-state index in [-0.39, 0.29) is 24.4 Å². The minimum Gasteiger partial charge on any atom is -0.493 e. The monoisotopic (exact) mass is 386 g/mol. The van der Waals surface area contributed by atoms with Crippen molar-refractivity contribution in [3.63, 3.8) is 0 Å². The third kappa shape index (κ3) is 5.17. The summed E-state index contributed by atoms with van der Waals surface area (Å²) in [5, 5.41) is 0. The summed E-state index contributed by atoms with van der Waals surface area (Å²) < 4.78 is 16.2. The molecule has 1 amide bonds. The molecular formula is C19H31ClN2O4. The maximum Gasteiger partial charge on any atom is 0.222 e. The number of rotatable bonds is 7. The lowest BCUT2D eigenvalue weighted by atomic mass is 9.91. The van der Waals surface area contributed by atoms with Gasteiger partial charge in [-0.2, -0.15) is 0 Å². The molecule has 2 N–H and O–H groups in total. The lowest BCUT2D eigenvalue weighted by Gasteiger charge is -2.33. The normalized spacial score (nSPS) is 15.8. The van der Waals surface area contributed by atoms with Crippen LogP contribution in [0.3, 0.4) is 0 Å². The molecule has 1 aromatic carbocycles. The Hall–Kier alpha value is -1.66. The highest BCUT2D eigenvalue weighted by molar-refractivity contribution is 5.85. The molecule has 1 aliphatic rings. The number of halogens is 1. The molecule has 1 saturated heterocycles. The van der Waals surface area contributed by atoms with Crippen LogP contribution in [0, 0.1) is 5.92 Å². The quantitative estimate of drug-likeness (QED) is 0.779. The summed E-state index contributed by atoms with van der Waals surface area (Å²) in [6.07, 6.45) is 3.04. The van der Waals surface area contributed by atoms with Crippen molar-refractivity contribution in [1.82, 2.24) is 4.90 Å². The third-order valence-corrected chi connectivity index (χ3v) is 5.03. The van der Waals surface area contributed by atoms with Gasteiger partial charge >= 0.3 is 0 Å². The maximum atomic E-state index is 12.5. The summed E-state index contributed by atoms with van der Waals surface area (Å²) in [6, 6.07) is 3.97. The minimum atomic E-state index is 0. The summed E-state index contributed by atoms with van der Waals surface area (Å²) in [7, 11) is 4.77. The van der Waals surface area contributed by atoms with E-state index in [0.717, 1.165) is 31.5 Å². The molecule has 1 fully saturated rings. The fraction of sp³-hybridized carbons (Fsp3) is 0.632. The fourth-order valence-corrected chi connectivity index (χ4v) is 3.43. The van der Waals surface area contributed by atoms with Crippen LogP contribution < -0.4 is 19.9 Å². The first-order valence-corrected chi connectivity index (χ1v) is 8.83. The first-order chi connectivity index (χ1) is 12.0. The standard InChI is InChI=1S/C19H30N2O4.ClH/c1-13(20)14-9-11-21(12-10-14)17(22)8-6-15-5-7-16(23-2)19(25-4)18(15)24-3;/h5,7,13-14H,6,8-12,20H2,1-4H3;1H. The van der Waals surface area contributed by atoms with Crippen molar-refractivity contribution in [3.05, 3.63) is 17.7 Å². The number of nitrogens with two attached hydrogens (primary N) is 1. The number of nitrogens with zero attached hydrogens (tertiary/aromatic N) is 1. The molecule has 26 heavy (non-hydrogen) atoms. The van der Waals surface area contributed by atoms with Crippen LogP contribution in [0.1, 0.15) is 31.7 Å². The van der Waals surface area contributed by atoms with Crippen molar-refractivity contribution in [2.75, 3.05) is 34.4 Å². The van der Waals surface area contributed by atoms with E-state index in [0.29, 0.717) is 36.0 Å². The molecule has 1 atom stereocenters. The molecule has 1 aliphatic heterocycles. The second-order valence-electron chi connectivity index (χ2n) is 6.57. The van der Waals surface area contributed by atoms with Gasteiger partial charge in [-0.1, -0.05) is 6.07 Å². The SMILES string of the molecule is COc1ccc(CCC(=O)N2CCC(C(C)N)CC2)c(OC)c1OC.Cl. The number of amides is 1. The summed E-state index contributed by atoms with van der Waals surface area (Å²) in [6.45, 7) is 3.65. The van der Waals surface area contributed by atoms with Gasteiger partial charge in [0, 0.05) is 25.6 Å². The Balaban J connectivity index is 0.00000338. The highest BCUT2D eigenvalue weighted by Gasteiger charge is 2.25. The van der Waals surface area contributed by atoms with Crippen LogP contribution in [0.5, 0.6) is 17.2 Å². The van der Waals surface area contributed by atoms with E-state index < -0.39 is 0 Å². The molecule has 1 unspecified atom stereocenters. The van der Waals surface area contributed by atoms with Gasteiger partial charge in [0.1, 0.15) is 0 Å². The predicted octanol–water partition coefficient (Wildman–Crippen LogP) is 2.65. The highest BCUT2D eigenvalue weighted by Crippen LogP contribution is 2.40. The van der Waals surface area contributed by atoms with E-state index in [4.69, 9.17) is 19.9 Å². The predicted molar refractivity (Wildman–Crippen MR) is 105 cm³/mol. The van der Waals surface area contributed by atoms with Crippen molar-refractivity contribution in [2.45, 2.75) is 38.6 Å². The summed E-state index contributed by atoms with van der Waals surface area (Å²) in [5.41, 5.74) is 6.91. The Morgan fingerprint density at radius 1 is 1.15 bits per heavy atom. The van der Waals surface area contributed by atoms with Crippen LogP contribution in [-0.2, 0) is 11.2 Å². The molecule has 0 radical (unpaired) electrons. The van der Waals surface area contributed by atoms with Gasteiger partial charge in [-0.3, -0.25) is 4.79 Å². The number of carbonyl (C=O) groups excluding carboxylic acids is 1. The van der Waals surface area contributed by atoms with E-state index in [1.54, 1.807) is 21.3 Å². The molecule has 7 heteroatoms. The Kier molecular flexibility index (Phi) is 9.02. The van der Waals surface area contributed by atoms with Crippen LogP contribution in [0.25, 0.3) is 0 Å². The molecule has 0 saturated carbocycles. The van der Waals surface area contributed by atoms with Crippen molar-refractivity contribution in [3.8, 4) is 17.2 Å². The van der Waals surface area contributed by atoms with Gasteiger partial charge in [-0.15, -0.1) is 12.4 Å². The topological polar surface area (TPSA) is 74.0 Å². The van der Waals surface area contributed by atoms with Crippen molar-refractivity contribution >= 4 is 18.3 Å². The van der Waals surface area contributed by atoms with Gasteiger partial charge in [0.15, 0.2) is 11.5 Å². The number of methoxy groups -OCH3 is 3. The smallest absolute Gasteiger partial charge is 0.222 e. The first kappa shape index (κ1) is 22.4. The summed E-state index contributed by atoms with van der Waals surface area (Å²) >= 11 is 0. The molecular weight excluding hydrogens is 356 g/mol. The number of aryl methyl sites for hydroxylation is 1. The molecule has 1 heterocycles. The highest BCUT2D eigenvalue weighted by atomic mass is 35.5. The Morgan fingerprint density at radius 2 is 1.77 bits per heavy atom. The van der Waals surface area contributed by atoms with Gasteiger partial charge in [0.2, 0.25) is 11.7 Å². The Bertz CT molecular complexity index is 587. The van der Waals surface area contributed by atoms with Crippen molar-refractivity contribution < 1.29 is 19.0 Å². The fourth-order valence-electron chi connectivity index (χ4n) is 3.43. The van der Waals surface area contributed by atoms with Crippen LogP contribution in [0.4, 0.5) is 0 Å². The number of carbonyl (C=O) groups is 1. The number of hydrogen-bond acceptors (Lipinski definition) is 5. The van der Waals surface area contributed by atoms with Crippen LogP contribution >= 0.6 is 12.4 Å². The third-order valence-electron chi connectivity index (χ3n) is 5.03.